The number of likely N-dealkylation sites (tertiary alicyclic amines) is 2. The van der Waals surface area contributed by atoms with Gasteiger partial charge in [-0.15, -0.1) is 0 Å². The smallest absolute Gasteiger partial charge is 0.241 e. The molecule has 0 spiro atoms. The lowest BCUT2D eigenvalue weighted by Crippen LogP contribution is -2.47. The second kappa shape index (κ2) is 8.64. The van der Waals surface area contributed by atoms with E-state index in [1.807, 2.05) is 18.7 Å². The van der Waals surface area contributed by atoms with Crippen molar-refractivity contribution in [2.45, 2.75) is 45.6 Å². The van der Waals surface area contributed by atoms with Crippen molar-refractivity contribution in [1.82, 2.24) is 15.1 Å². The fourth-order valence-electron chi connectivity index (χ4n) is 3.41. The zero-order chi connectivity index (χ0) is 16.8. The summed E-state index contributed by atoms with van der Waals surface area (Å²) in [5.41, 5.74) is 5.78. The molecule has 2 rings (SSSR count). The van der Waals surface area contributed by atoms with Gasteiger partial charge in [0.15, 0.2) is 0 Å². The van der Waals surface area contributed by atoms with Gasteiger partial charge >= 0.3 is 0 Å². The van der Waals surface area contributed by atoms with Gasteiger partial charge in [-0.05, 0) is 44.2 Å². The number of piperidine rings is 1. The minimum atomic E-state index is -0.548. The van der Waals surface area contributed by atoms with Gasteiger partial charge in [-0.2, -0.15) is 0 Å². The normalized spacial score (nSPS) is 24.0. The van der Waals surface area contributed by atoms with Gasteiger partial charge in [0, 0.05) is 19.6 Å². The van der Waals surface area contributed by atoms with Crippen LogP contribution in [0.5, 0.6) is 0 Å². The van der Waals surface area contributed by atoms with Crippen LogP contribution in [0, 0.1) is 11.8 Å². The molecule has 2 amide bonds. The van der Waals surface area contributed by atoms with Gasteiger partial charge in [-0.3, -0.25) is 9.59 Å². The lowest BCUT2D eigenvalue weighted by molar-refractivity contribution is -0.132. The molecule has 2 saturated heterocycles. The summed E-state index contributed by atoms with van der Waals surface area (Å²) >= 11 is 0. The van der Waals surface area contributed by atoms with Crippen LogP contribution in [0.1, 0.15) is 39.5 Å². The van der Waals surface area contributed by atoms with Crippen LogP contribution in [0.3, 0.4) is 0 Å². The van der Waals surface area contributed by atoms with Crippen LogP contribution in [-0.4, -0.2) is 66.9 Å². The van der Waals surface area contributed by atoms with E-state index in [9.17, 15) is 9.59 Å². The lowest BCUT2D eigenvalue weighted by Gasteiger charge is -2.29. The molecule has 0 aliphatic carbocycles. The molecule has 0 saturated carbocycles. The number of carbonyl (C=O) groups excluding carboxylic acids is 2. The van der Waals surface area contributed by atoms with E-state index in [1.54, 1.807) is 0 Å². The number of hydrogen-bond acceptors (Lipinski definition) is 4. The van der Waals surface area contributed by atoms with Crippen molar-refractivity contribution in [3.05, 3.63) is 0 Å². The van der Waals surface area contributed by atoms with Crippen molar-refractivity contribution >= 4 is 11.8 Å². The summed E-state index contributed by atoms with van der Waals surface area (Å²) in [5, 5.41) is 2.67. The van der Waals surface area contributed by atoms with E-state index < -0.39 is 6.04 Å². The zero-order valence-corrected chi connectivity index (χ0v) is 14.6. The standard InChI is InChI=1S/C17H32N4O2/c1-13(2)16(18)17(23)19-10-15(22)21-9-6-14(12-21)11-20-7-4-3-5-8-20/h13-14,16H,3-12,18H2,1-2H3,(H,19,23)/t14?,16-/m0/s1. The third-order valence-electron chi connectivity index (χ3n) is 5.04. The summed E-state index contributed by atoms with van der Waals surface area (Å²) in [6.45, 7) is 9.01. The highest BCUT2D eigenvalue weighted by molar-refractivity contribution is 5.87. The zero-order valence-electron chi connectivity index (χ0n) is 14.6. The maximum atomic E-state index is 12.2. The number of amides is 2. The molecule has 3 N–H and O–H groups in total. The van der Waals surface area contributed by atoms with Gasteiger partial charge in [0.05, 0.1) is 12.6 Å². The van der Waals surface area contributed by atoms with Crippen LogP contribution < -0.4 is 11.1 Å². The van der Waals surface area contributed by atoms with Crippen molar-refractivity contribution < 1.29 is 9.59 Å². The minimum absolute atomic E-state index is 0.00968. The Balaban J connectivity index is 1.69. The molecule has 6 nitrogen and oxygen atoms in total. The molecule has 0 aromatic heterocycles. The number of nitrogens with one attached hydrogen (secondary N) is 1. The van der Waals surface area contributed by atoms with Crippen molar-refractivity contribution in [1.29, 1.82) is 0 Å². The largest absolute Gasteiger partial charge is 0.346 e. The molecule has 2 aliphatic rings. The fourth-order valence-corrected chi connectivity index (χ4v) is 3.41. The predicted octanol–water partition coefficient (Wildman–Crippen LogP) is 0.420. The van der Waals surface area contributed by atoms with Gasteiger partial charge in [-0.25, -0.2) is 0 Å². The molecule has 0 aromatic carbocycles. The van der Waals surface area contributed by atoms with E-state index in [-0.39, 0.29) is 24.3 Å². The first-order valence-corrected chi connectivity index (χ1v) is 9.00. The Hall–Kier alpha value is -1.14. The molecule has 0 radical (unpaired) electrons. The molecule has 132 valence electrons. The van der Waals surface area contributed by atoms with E-state index in [0.29, 0.717) is 5.92 Å². The van der Waals surface area contributed by atoms with E-state index in [1.165, 1.54) is 32.4 Å². The Morgan fingerprint density at radius 1 is 1.17 bits per heavy atom. The van der Waals surface area contributed by atoms with E-state index in [0.717, 1.165) is 26.1 Å². The van der Waals surface area contributed by atoms with Gasteiger partial charge in [-0.1, -0.05) is 20.3 Å². The van der Waals surface area contributed by atoms with E-state index >= 15 is 0 Å². The summed E-state index contributed by atoms with van der Waals surface area (Å²) in [5.74, 6) is 0.421. The van der Waals surface area contributed by atoms with Crippen LogP contribution in [0.25, 0.3) is 0 Å². The third-order valence-corrected chi connectivity index (χ3v) is 5.04. The topological polar surface area (TPSA) is 78.7 Å². The van der Waals surface area contributed by atoms with Crippen LogP contribution >= 0.6 is 0 Å². The van der Waals surface area contributed by atoms with Crippen molar-refractivity contribution in [2.24, 2.45) is 17.6 Å². The molecule has 2 aliphatic heterocycles. The van der Waals surface area contributed by atoms with Crippen LogP contribution in [0.2, 0.25) is 0 Å². The van der Waals surface area contributed by atoms with E-state index in [2.05, 4.69) is 10.2 Å². The highest BCUT2D eigenvalue weighted by Gasteiger charge is 2.28. The summed E-state index contributed by atoms with van der Waals surface area (Å²) in [4.78, 5) is 28.5. The number of rotatable bonds is 6. The van der Waals surface area contributed by atoms with E-state index in [4.69, 9.17) is 5.73 Å². The minimum Gasteiger partial charge on any atom is -0.346 e. The van der Waals surface area contributed by atoms with Gasteiger partial charge in [0.1, 0.15) is 0 Å². The lowest BCUT2D eigenvalue weighted by atomic mass is 10.1. The van der Waals surface area contributed by atoms with Gasteiger partial charge < -0.3 is 20.9 Å². The molecule has 0 aromatic rings. The highest BCUT2D eigenvalue weighted by atomic mass is 16.2. The molecule has 23 heavy (non-hydrogen) atoms. The maximum absolute atomic E-state index is 12.2. The van der Waals surface area contributed by atoms with Crippen molar-refractivity contribution in [2.75, 3.05) is 39.3 Å². The summed E-state index contributed by atoms with van der Waals surface area (Å²) in [7, 11) is 0. The Labute approximate surface area is 139 Å². The Kier molecular flexibility index (Phi) is 6.84. The van der Waals surface area contributed by atoms with Crippen LogP contribution in [0.4, 0.5) is 0 Å². The van der Waals surface area contributed by atoms with Gasteiger partial charge in [0.2, 0.25) is 11.8 Å². The van der Waals surface area contributed by atoms with Crippen LogP contribution in [-0.2, 0) is 9.59 Å². The Bertz CT molecular complexity index is 407. The fraction of sp³-hybridized carbons (Fsp3) is 0.882. The molecule has 2 atom stereocenters. The second-order valence-electron chi connectivity index (χ2n) is 7.34. The third kappa shape index (κ3) is 5.46. The number of hydrogen-bond donors (Lipinski definition) is 2. The Morgan fingerprint density at radius 3 is 2.52 bits per heavy atom. The van der Waals surface area contributed by atoms with Crippen molar-refractivity contribution in [3.63, 3.8) is 0 Å². The molecule has 1 unspecified atom stereocenters. The average molecular weight is 324 g/mol. The van der Waals surface area contributed by atoms with Gasteiger partial charge in [0.25, 0.3) is 0 Å². The molecular formula is C17H32N4O2. The average Bonchev–Trinajstić information content (AvgIpc) is 3.01. The SMILES string of the molecule is CC(C)[C@H](N)C(=O)NCC(=O)N1CCC(CN2CCCCC2)C1. The van der Waals surface area contributed by atoms with Crippen molar-refractivity contribution in [3.8, 4) is 0 Å². The first-order chi connectivity index (χ1) is 11.0. The second-order valence-corrected chi connectivity index (χ2v) is 7.34. The predicted molar refractivity (Wildman–Crippen MR) is 90.8 cm³/mol. The summed E-state index contributed by atoms with van der Waals surface area (Å²) in [6.07, 6.45) is 5.03. The molecule has 2 heterocycles. The first-order valence-electron chi connectivity index (χ1n) is 9.00. The monoisotopic (exact) mass is 324 g/mol. The Morgan fingerprint density at radius 2 is 1.87 bits per heavy atom. The number of nitrogens with zero attached hydrogens (tertiary/aromatic N) is 2. The number of carbonyl (C=O) groups is 2. The first kappa shape index (κ1) is 18.2. The maximum Gasteiger partial charge on any atom is 0.241 e. The highest BCUT2D eigenvalue weighted by Crippen LogP contribution is 2.19. The number of nitrogens with two attached hydrogens (primary N) is 1. The quantitative estimate of drug-likeness (QED) is 0.742. The molecule has 6 heteroatoms. The van der Waals surface area contributed by atoms with Crippen LogP contribution in [0.15, 0.2) is 0 Å². The molecule has 0 bridgehead atoms. The summed E-state index contributed by atoms with van der Waals surface area (Å²) < 4.78 is 0. The molecule has 2 fully saturated rings. The molecular weight excluding hydrogens is 292 g/mol. The summed E-state index contributed by atoms with van der Waals surface area (Å²) in [6, 6.07) is -0.548.